The fourth-order valence-electron chi connectivity index (χ4n) is 1.73. The van der Waals surface area contributed by atoms with Crippen LogP contribution in [0.25, 0.3) is 0 Å². The van der Waals surface area contributed by atoms with Crippen LogP contribution < -0.4 is 9.47 Å². The molecule has 136 valence electrons. The Hall–Kier alpha value is -2.60. The van der Waals surface area contributed by atoms with Crippen molar-refractivity contribution in [2.24, 2.45) is 0 Å². The van der Waals surface area contributed by atoms with Crippen LogP contribution in [0.2, 0.25) is 0 Å². The number of rotatable bonds is 12. The van der Waals surface area contributed by atoms with Gasteiger partial charge in [0, 0.05) is 4.57 Å². The highest BCUT2D eigenvalue weighted by Gasteiger charge is 2.24. The van der Waals surface area contributed by atoms with Gasteiger partial charge in [0.1, 0.15) is 24.7 Å². The minimum Gasteiger partial charge on any atom is -0.486 e. The van der Waals surface area contributed by atoms with E-state index in [0.717, 1.165) is 0 Å². The number of ketones is 2. The molecule has 0 amide bonds. The van der Waals surface area contributed by atoms with E-state index in [4.69, 9.17) is 18.5 Å². The maximum atomic E-state index is 11.6. The molecule has 2 rings (SSSR count). The average Bonchev–Trinajstić information content (AvgIpc) is 2.69. The van der Waals surface area contributed by atoms with E-state index in [1.807, 2.05) is 12.1 Å². The number of benzene rings is 2. The second-order valence-electron chi connectivity index (χ2n) is 5.05. The number of para-hydroxylation sites is 2. The van der Waals surface area contributed by atoms with Gasteiger partial charge in [-0.1, -0.05) is 36.4 Å². The highest BCUT2D eigenvalue weighted by molar-refractivity contribution is 7.33. The summed E-state index contributed by atoms with van der Waals surface area (Å²) in [7, 11) is -2.58. The first kappa shape index (κ1) is 19.7. The molecule has 2 aromatic carbocycles. The highest BCUT2D eigenvalue weighted by atomic mass is 31.1. The number of hydrogen-bond donors (Lipinski definition) is 0. The third-order valence-corrected chi connectivity index (χ3v) is 3.63. The summed E-state index contributed by atoms with van der Waals surface area (Å²) in [6.45, 7) is -1.29. The van der Waals surface area contributed by atoms with Crippen LogP contribution in [0.5, 0.6) is 11.5 Å². The highest BCUT2D eigenvalue weighted by Crippen LogP contribution is 2.23. The van der Waals surface area contributed by atoms with Crippen molar-refractivity contribution in [3.63, 3.8) is 0 Å². The molecule has 0 atom stereocenters. The predicted molar refractivity (Wildman–Crippen MR) is 93.4 cm³/mol. The summed E-state index contributed by atoms with van der Waals surface area (Å²) in [5, 5.41) is 0. The summed E-state index contributed by atoms with van der Waals surface area (Å²) >= 11 is 0. The van der Waals surface area contributed by atoms with Gasteiger partial charge in [-0.05, 0) is 24.3 Å². The smallest absolute Gasteiger partial charge is 0.486 e. The lowest BCUT2D eigenvalue weighted by Gasteiger charge is -2.03. The molecule has 2 aromatic rings. The van der Waals surface area contributed by atoms with E-state index in [9.17, 15) is 14.2 Å². The molecule has 0 radical (unpaired) electrons. The first-order chi connectivity index (χ1) is 12.6. The van der Waals surface area contributed by atoms with Crippen molar-refractivity contribution in [1.82, 2.24) is 0 Å². The van der Waals surface area contributed by atoms with Gasteiger partial charge in [-0.15, -0.1) is 9.05 Å². The van der Waals surface area contributed by atoms with Crippen molar-refractivity contribution in [3.05, 3.63) is 60.7 Å². The Kier molecular flexibility index (Phi) is 8.42. The van der Waals surface area contributed by atoms with Crippen LogP contribution in [0.15, 0.2) is 60.7 Å². The first-order valence-electron chi connectivity index (χ1n) is 7.75. The summed E-state index contributed by atoms with van der Waals surface area (Å²) in [5.74, 6) is 0.287. The summed E-state index contributed by atoms with van der Waals surface area (Å²) in [5.41, 5.74) is 0. The fraction of sp³-hybridized carbons (Fsp3) is 0.222. The van der Waals surface area contributed by atoms with E-state index in [0.29, 0.717) is 11.5 Å². The second-order valence-corrected chi connectivity index (χ2v) is 6.01. The normalized spacial score (nSPS) is 10.2. The molecule has 0 saturated heterocycles. The summed E-state index contributed by atoms with van der Waals surface area (Å²) in [6, 6.07) is 17.6. The average molecular weight is 377 g/mol. The van der Waals surface area contributed by atoms with Gasteiger partial charge in [0.15, 0.2) is 13.2 Å². The zero-order chi connectivity index (χ0) is 18.6. The molecule has 0 unspecified atom stereocenters. The van der Waals surface area contributed by atoms with Crippen LogP contribution in [0, 0.1) is 0 Å². The van der Waals surface area contributed by atoms with Crippen molar-refractivity contribution in [2.75, 3.05) is 26.4 Å². The molecule has 0 aromatic heterocycles. The van der Waals surface area contributed by atoms with Crippen LogP contribution in [-0.4, -0.2) is 38.0 Å². The SMILES string of the molecule is O=C(COc1ccccc1)CO[P+](=O)OCC(=O)COc1ccccc1. The molecule has 26 heavy (non-hydrogen) atoms. The Morgan fingerprint density at radius 1 is 0.654 bits per heavy atom. The molecule has 0 fully saturated rings. The van der Waals surface area contributed by atoms with E-state index < -0.39 is 33.0 Å². The van der Waals surface area contributed by atoms with Gasteiger partial charge in [-0.2, -0.15) is 0 Å². The minimum absolute atomic E-state index is 0.211. The van der Waals surface area contributed by atoms with Crippen molar-refractivity contribution in [3.8, 4) is 11.5 Å². The topological polar surface area (TPSA) is 88.1 Å². The van der Waals surface area contributed by atoms with Gasteiger partial charge in [-0.25, -0.2) is 0 Å². The van der Waals surface area contributed by atoms with E-state index in [1.165, 1.54) is 0 Å². The van der Waals surface area contributed by atoms with Crippen LogP contribution >= 0.6 is 8.25 Å². The van der Waals surface area contributed by atoms with Crippen LogP contribution in [-0.2, 0) is 23.2 Å². The van der Waals surface area contributed by atoms with Gasteiger partial charge >= 0.3 is 8.25 Å². The molecule has 0 saturated carbocycles. The van der Waals surface area contributed by atoms with E-state index in [-0.39, 0.29) is 13.2 Å². The van der Waals surface area contributed by atoms with E-state index >= 15 is 0 Å². The summed E-state index contributed by atoms with van der Waals surface area (Å²) in [4.78, 5) is 23.2. The summed E-state index contributed by atoms with van der Waals surface area (Å²) in [6.07, 6.45) is 0. The van der Waals surface area contributed by atoms with Gasteiger partial charge in [0.2, 0.25) is 11.6 Å². The van der Waals surface area contributed by atoms with Crippen molar-refractivity contribution < 1.29 is 32.7 Å². The fourth-order valence-corrected chi connectivity index (χ4v) is 2.30. The third-order valence-electron chi connectivity index (χ3n) is 2.95. The molecule has 7 nitrogen and oxygen atoms in total. The Morgan fingerprint density at radius 2 is 1.04 bits per heavy atom. The summed E-state index contributed by atoms with van der Waals surface area (Å²) < 4.78 is 31.5. The monoisotopic (exact) mass is 377 g/mol. The molecule has 8 heteroatoms. The molecule has 0 aliphatic carbocycles. The quantitative estimate of drug-likeness (QED) is 0.526. The molecular formula is C18H18O7P+. The van der Waals surface area contributed by atoms with Crippen molar-refractivity contribution in [1.29, 1.82) is 0 Å². The number of Topliss-reactive ketones (excluding diaryl/α,β-unsaturated/α-hetero) is 2. The largest absolute Gasteiger partial charge is 0.698 e. The number of carbonyl (C=O) groups excluding carboxylic acids is 2. The van der Waals surface area contributed by atoms with Gasteiger partial charge in [0.05, 0.1) is 0 Å². The van der Waals surface area contributed by atoms with Gasteiger partial charge in [0.25, 0.3) is 0 Å². The molecule has 0 aliphatic rings. The number of carbonyl (C=O) groups is 2. The standard InChI is InChI=1S/C18H18O7P/c19-15(11-22-17-7-3-1-4-8-17)13-24-26(21)25-14-16(20)12-23-18-9-5-2-6-10-18/h1-10H,11-14H2/q+1. The van der Waals surface area contributed by atoms with Crippen molar-refractivity contribution in [2.45, 2.75) is 0 Å². The minimum atomic E-state index is -2.58. The Morgan fingerprint density at radius 3 is 1.42 bits per heavy atom. The predicted octanol–water partition coefficient (Wildman–Crippen LogP) is 2.97. The van der Waals surface area contributed by atoms with Crippen LogP contribution in [0.3, 0.4) is 0 Å². The van der Waals surface area contributed by atoms with E-state index in [1.54, 1.807) is 48.5 Å². The maximum Gasteiger partial charge on any atom is 0.698 e. The van der Waals surface area contributed by atoms with E-state index in [2.05, 4.69) is 0 Å². The maximum absolute atomic E-state index is 11.6. The third kappa shape index (κ3) is 7.98. The first-order valence-corrected chi connectivity index (χ1v) is 8.85. The number of ether oxygens (including phenoxy) is 2. The zero-order valence-corrected chi connectivity index (χ0v) is 14.8. The van der Waals surface area contributed by atoms with Gasteiger partial charge in [-0.3, -0.25) is 9.59 Å². The molecule has 0 spiro atoms. The Balaban J connectivity index is 1.56. The lowest BCUT2D eigenvalue weighted by atomic mass is 10.3. The lowest BCUT2D eigenvalue weighted by molar-refractivity contribution is -0.123. The zero-order valence-electron chi connectivity index (χ0n) is 13.9. The number of hydrogen-bond acceptors (Lipinski definition) is 7. The molecule has 0 bridgehead atoms. The van der Waals surface area contributed by atoms with Crippen molar-refractivity contribution >= 4 is 19.8 Å². The Labute approximate surface area is 151 Å². The molecule has 0 aliphatic heterocycles. The van der Waals surface area contributed by atoms with Crippen LogP contribution in [0.4, 0.5) is 0 Å². The molecule has 0 heterocycles. The second kappa shape index (κ2) is 11.1. The molecule has 0 N–H and O–H groups in total. The Bertz CT molecular complexity index is 657. The lowest BCUT2D eigenvalue weighted by Crippen LogP contribution is -2.17. The van der Waals surface area contributed by atoms with Crippen LogP contribution in [0.1, 0.15) is 0 Å². The van der Waals surface area contributed by atoms with Gasteiger partial charge < -0.3 is 9.47 Å². The molecular weight excluding hydrogens is 359 g/mol.